The highest BCUT2D eigenvalue weighted by molar-refractivity contribution is 5.99. The Morgan fingerprint density at radius 3 is 2.70 bits per heavy atom. The largest absolute Gasteiger partial charge is 0.462 e. The summed E-state index contributed by atoms with van der Waals surface area (Å²) in [5.41, 5.74) is 8.18. The number of anilines is 2. The lowest BCUT2D eigenvalue weighted by molar-refractivity contribution is 0.0527. The zero-order valence-electron chi connectivity index (χ0n) is 12.4. The van der Waals surface area contributed by atoms with Gasteiger partial charge in [0, 0.05) is 13.1 Å². The first-order chi connectivity index (χ1) is 9.67. The van der Waals surface area contributed by atoms with Crippen molar-refractivity contribution in [2.75, 3.05) is 30.3 Å². The van der Waals surface area contributed by atoms with Gasteiger partial charge in [0.25, 0.3) is 0 Å². The van der Waals surface area contributed by atoms with Crippen LogP contribution < -0.4 is 10.6 Å². The van der Waals surface area contributed by atoms with E-state index < -0.39 is 0 Å². The van der Waals surface area contributed by atoms with Crippen molar-refractivity contribution in [1.29, 1.82) is 0 Å². The molecule has 0 aliphatic heterocycles. The van der Waals surface area contributed by atoms with Crippen LogP contribution in [0.15, 0.2) is 18.2 Å². The molecular weight excluding hydrogens is 252 g/mol. The van der Waals surface area contributed by atoms with Crippen LogP contribution in [0.2, 0.25) is 0 Å². The molecule has 0 radical (unpaired) electrons. The van der Waals surface area contributed by atoms with Crippen LogP contribution in [0, 0.1) is 5.92 Å². The quantitative estimate of drug-likeness (QED) is 0.641. The maximum absolute atomic E-state index is 12.1. The summed E-state index contributed by atoms with van der Waals surface area (Å²) in [6.45, 7) is 6.10. The molecule has 4 heteroatoms. The topological polar surface area (TPSA) is 55.6 Å². The zero-order valence-corrected chi connectivity index (χ0v) is 12.4. The van der Waals surface area contributed by atoms with E-state index in [2.05, 4.69) is 11.8 Å². The van der Waals surface area contributed by atoms with Gasteiger partial charge in [0.1, 0.15) is 0 Å². The van der Waals surface area contributed by atoms with Crippen LogP contribution in [0.5, 0.6) is 0 Å². The first-order valence-corrected chi connectivity index (χ1v) is 7.47. The van der Waals surface area contributed by atoms with E-state index in [0.717, 1.165) is 24.7 Å². The number of carbonyl (C=O) groups excluding carboxylic acids is 1. The molecule has 0 atom stereocenters. The molecule has 0 bridgehead atoms. The summed E-state index contributed by atoms with van der Waals surface area (Å²) >= 11 is 0. The molecule has 4 nitrogen and oxygen atoms in total. The molecule has 2 N–H and O–H groups in total. The van der Waals surface area contributed by atoms with Gasteiger partial charge in [-0.3, -0.25) is 0 Å². The van der Waals surface area contributed by atoms with E-state index in [-0.39, 0.29) is 5.97 Å². The van der Waals surface area contributed by atoms with E-state index in [1.165, 1.54) is 19.3 Å². The Labute approximate surface area is 120 Å². The molecule has 1 aliphatic carbocycles. The summed E-state index contributed by atoms with van der Waals surface area (Å²) in [6, 6.07) is 5.46. The Morgan fingerprint density at radius 2 is 2.15 bits per heavy atom. The third-order valence-electron chi connectivity index (χ3n) is 3.96. The summed E-state index contributed by atoms with van der Waals surface area (Å²) in [5, 5.41) is 0. The number of hydrogen-bond donors (Lipinski definition) is 1. The Hall–Kier alpha value is -1.71. The summed E-state index contributed by atoms with van der Waals surface area (Å²) in [6.07, 6.45) is 3.87. The fourth-order valence-electron chi connectivity index (χ4n) is 2.65. The maximum Gasteiger partial charge on any atom is 0.340 e. The van der Waals surface area contributed by atoms with Gasteiger partial charge >= 0.3 is 5.97 Å². The van der Waals surface area contributed by atoms with Gasteiger partial charge in [0.05, 0.1) is 23.5 Å². The standard InChI is InChI=1S/C16H24N2O2/c1-3-18(11-12-7-5-8-12)15-13(16(19)20-4-2)9-6-10-14(15)17/h6,9-10,12H,3-5,7-8,11,17H2,1-2H3. The number of nitrogens with two attached hydrogens (primary N) is 1. The summed E-state index contributed by atoms with van der Waals surface area (Å²) in [4.78, 5) is 14.3. The number of esters is 1. The van der Waals surface area contributed by atoms with Crippen molar-refractivity contribution >= 4 is 17.3 Å². The molecule has 1 saturated carbocycles. The van der Waals surface area contributed by atoms with Crippen LogP contribution >= 0.6 is 0 Å². The van der Waals surface area contributed by atoms with Crippen LogP contribution in [0.1, 0.15) is 43.5 Å². The summed E-state index contributed by atoms with van der Waals surface area (Å²) < 4.78 is 5.14. The van der Waals surface area contributed by atoms with E-state index in [9.17, 15) is 4.79 Å². The number of nitrogens with zero attached hydrogens (tertiary/aromatic N) is 1. The number of nitrogen functional groups attached to an aromatic ring is 1. The average Bonchev–Trinajstić information content (AvgIpc) is 2.39. The van der Waals surface area contributed by atoms with Crippen molar-refractivity contribution in [2.45, 2.75) is 33.1 Å². The third-order valence-corrected chi connectivity index (χ3v) is 3.96. The Kier molecular flexibility index (Phi) is 4.88. The Morgan fingerprint density at radius 1 is 1.40 bits per heavy atom. The predicted octanol–water partition coefficient (Wildman–Crippen LogP) is 3.07. The lowest BCUT2D eigenvalue weighted by atomic mass is 9.85. The van der Waals surface area contributed by atoms with Crippen LogP contribution in [-0.2, 0) is 4.74 Å². The molecule has 1 aromatic carbocycles. The fourth-order valence-corrected chi connectivity index (χ4v) is 2.65. The second-order valence-corrected chi connectivity index (χ2v) is 5.30. The highest BCUT2D eigenvalue weighted by Gasteiger charge is 2.24. The third kappa shape index (κ3) is 3.06. The number of benzene rings is 1. The number of carbonyl (C=O) groups is 1. The van der Waals surface area contributed by atoms with E-state index >= 15 is 0 Å². The van der Waals surface area contributed by atoms with E-state index in [4.69, 9.17) is 10.5 Å². The van der Waals surface area contributed by atoms with Gasteiger partial charge in [-0.05, 0) is 44.7 Å². The predicted molar refractivity (Wildman–Crippen MR) is 82.0 cm³/mol. The number of para-hydroxylation sites is 1. The van der Waals surface area contributed by atoms with Crippen LogP contribution in [0.25, 0.3) is 0 Å². The zero-order chi connectivity index (χ0) is 14.5. The Balaban J connectivity index is 2.28. The van der Waals surface area contributed by atoms with Crippen LogP contribution in [0.4, 0.5) is 11.4 Å². The average molecular weight is 276 g/mol. The van der Waals surface area contributed by atoms with E-state index in [1.807, 2.05) is 19.1 Å². The maximum atomic E-state index is 12.1. The number of rotatable bonds is 6. The minimum Gasteiger partial charge on any atom is -0.462 e. The second-order valence-electron chi connectivity index (χ2n) is 5.30. The van der Waals surface area contributed by atoms with E-state index in [1.54, 1.807) is 6.07 Å². The summed E-state index contributed by atoms with van der Waals surface area (Å²) in [7, 11) is 0. The number of hydrogen-bond acceptors (Lipinski definition) is 4. The molecule has 1 fully saturated rings. The van der Waals surface area contributed by atoms with Gasteiger partial charge < -0.3 is 15.4 Å². The molecule has 0 spiro atoms. The van der Waals surface area contributed by atoms with Gasteiger partial charge in [-0.25, -0.2) is 4.79 Å². The van der Waals surface area contributed by atoms with Crippen molar-refractivity contribution in [1.82, 2.24) is 0 Å². The molecule has 0 unspecified atom stereocenters. The van der Waals surface area contributed by atoms with Gasteiger partial charge in [-0.1, -0.05) is 12.5 Å². The lowest BCUT2D eigenvalue weighted by Crippen LogP contribution is -2.34. The van der Waals surface area contributed by atoms with Crippen LogP contribution in [0.3, 0.4) is 0 Å². The normalized spacial score (nSPS) is 14.7. The van der Waals surface area contributed by atoms with Crippen molar-refractivity contribution in [3.63, 3.8) is 0 Å². The highest BCUT2D eigenvalue weighted by atomic mass is 16.5. The molecule has 2 rings (SSSR count). The monoisotopic (exact) mass is 276 g/mol. The van der Waals surface area contributed by atoms with Crippen molar-refractivity contribution in [2.24, 2.45) is 5.92 Å². The van der Waals surface area contributed by atoms with Crippen molar-refractivity contribution in [3.05, 3.63) is 23.8 Å². The first-order valence-electron chi connectivity index (χ1n) is 7.47. The van der Waals surface area contributed by atoms with Crippen molar-refractivity contribution in [3.8, 4) is 0 Å². The van der Waals surface area contributed by atoms with Gasteiger partial charge in [-0.2, -0.15) is 0 Å². The second kappa shape index (κ2) is 6.64. The molecule has 0 heterocycles. The molecular formula is C16H24N2O2. The molecule has 1 aromatic rings. The Bertz CT molecular complexity index is 470. The first kappa shape index (κ1) is 14.7. The summed E-state index contributed by atoms with van der Waals surface area (Å²) in [5.74, 6) is 0.437. The fraction of sp³-hybridized carbons (Fsp3) is 0.562. The minimum absolute atomic E-state index is 0.290. The van der Waals surface area contributed by atoms with Crippen molar-refractivity contribution < 1.29 is 9.53 Å². The van der Waals surface area contributed by atoms with E-state index in [0.29, 0.717) is 17.9 Å². The van der Waals surface area contributed by atoms with Gasteiger partial charge in [0.15, 0.2) is 0 Å². The molecule has 0 amide bonds. The molecule has 110 valence electrons. The SMILES string of the molecule is CCOC(=O)c1cccc(N)c1N(CC)CC1CCC1. The van der Waals surface area contributed by atoms with Gasteiger partial charge in [-0.15, -0.1) is 0 Å². The molecule has 1 aliphatic rings. The smallest absolute Gasteiger partial charge is 0.340 e. The molecule has 20 heavy (non-hydrogen) atoms. The van der Waals surface area contributed by atoms with Crippen LogP contribution in [-0.4, -0.2) is 25.7 Å². The highest BCUT2D eigenvalue weighted by Crippen LogP contribution is 2.33. The lowest BCUT2D eigenvalue weighted by Gasteiger charge is -2.34. The number of ether oxygens (including phenoxy) is 1. The molecule has 0 aromatic heterocycles. The van der Waals surface area contributed by atoms with Gasteiger partial charge in [0.2, 0.25) is 0 Å². The minimum atomic E-state index is -0.290. The molecule has 0 saturated heterocycles.